The van der Waals surface area contributed by atoms with Crippen molar-refractivity contribution in [3.05, 3.63) is 59.1 Å². The Morgan fingerprint density at radius 1 is 1.29 bits per heavy atom. The lowest BCUT2D eigenvalue weighted by molar-refractivity contribution is 0.0398. The van der Waals surface area contributed by atoms with Crippen LogP contribution in [0.5, 0.6) is 0 Å². The van der Waals surface area contributed by atoms with Gasteiger partial charge in [-0.1, -0.05) is 12.7 Å². The smallest absolute Gasteiger partial charge is 0.147 e. The van der Waals surface area contributed by atoms with E-state index in [1.165, 1.54) is 0 Å². The third-order valence-corrected chi connectivity index (χ3v) is 5.92. The topological polar surface area (TPSA) is 86.9 Å². The maximum Gasteiger partial charge on any atom is 0.147 e. The molecule has 1 aliphatic carbocycles. The first kappa shape index (κ1) is 21.6. The van der Waals surface area contributed by atoms with Gasteiger partial charge in [-0.3, -0.25) is 9.80 Å². The normalized spacial score (nSPS) is 20.0. The van der Waals surface area contributed by atoms with Gasteiger partial charge in [-0.05, 0) is 51.0 Å². The summed E-state index contributed by atoms with van der Waals surface area (Å²) in [5.74, 6) is 1.59. The van der Waals surface area contributed by atoms with E-state index >= 15 is 0 Å². The Morgan fingerprint density at radius 2 is 2.06 bits per heavy atom. The lowest BCUT2D eigenvalue weighted by Gasteiger charge is -2.38. The molecule has 7 nitrogen and oxygen atoms in total. The van der Waals surface area contributed by atoms with E-state index in [2.05, 4.69) is 22.9 Å². The highest BCUT2D eigenvalue weighted by Crippen LogP contribution is 2.41. The number of pyridine rings is 1. The van der Waals surface area contributed by atoms with Crippen molar-refractivity contribution in [2.45, 2.75) is 32.3 Å². The first-order valence-corrected chi connectivity index (χ1v) is 11.0. The molecular formula is C24H33N5O2. The molecule has 166 valence electrons. The number of nitrogens with one attached hydrogen (secondary N) is 1. The summed E-state index contributed by atoms with van der Waals surface area (Å²) in [5.41, 5.74) is 9.43. The highest BCUT2D eigenvalue weighted by molar-refractivity contribution is 5.82. The van der Waals surface area contributed by atoms with Gasteiger partial charge in [0.15, 0.2) is 0 Å². The zero-order chi connectivity index (χ0) is 22.0. The van der Waals surface area contributed by atoms with E-state index in [0.29, 0.717) is 5.70 Å². The van der Waals surface area contributed by atoms with Gasteiger partial charge in [0, 0.05) is 48.7 Å². The van der Waals surface area contributed by atoms with Crippen LogP contribution < -0.4 is 16.0 Å². The molecule has 1 fully saturated rings. The number of allylic oxidation sites excluding steroid dienone is 3. The fourth-order valence-corrected chi connectivity index (χ4v) is 4.18. The molecule has 0 radical (unpaired) electrons. The van der Waals surface area contributed by atoms with Crippen molar-refractivity contribution in [2.24, 2.45) is 5.73 Å². The highest BCUT2D eigenvalue weighted by atomic mass is 16.5. The largest absolute Gasteiger partial charge is 0.400 e. The van der Waals surface area contributed by atoms with Crippen molar-refractivity contribution in [3.63, 3.8) is 0 Å². The molecule has 1 aromatic heterocycles. The fourth-order valence-electron chi connectivity index (χ4n) is 4.18. The summed E-state index contributed by atoms with van der Waals surface area (Å²) in [6.45, 7) is 13.1. The van der Waals surface area contributed by atoms with Gasteiger partial charge in [0.25, 0.3) is 0 Å². The molecule has 4 N–H and O–H groups in total. The number of ether oxygens (including phenoxy) is 1. The lowest BCUT2D eigenvalue weighted by atomic mass is 9.89. The minimum atomic E-state index is -1.03. The second-order valence-electron chi connectivity index (χ2n) is 8.74. The molecule has 0 spiro atoms. The predicted octanol–water partition coefficient (Wildman–Crippen LogP) is 2.83. The Balaban J connectivity index is 1.63. The number of rotatable bonds is 6. The first-order valence-electron chi connectivity index (χ1n) is 11.0. The average molecular weight is 424 g/mol. The van der Waals surface area contributed by atoms with Crippen molar-refractivity contribution >= 4 is 17.7 Å². The summed E-state index contributed by atoms with van der Waals surface area (Å²) in [6, 6.07) is 4.02. The van der Waals surface area contributed by atoms with Gasteiger partial charge in [0.05, 0.1) is 24.5 Å². The molecule has 0 bridgehead atoms. The fraction of sp³-hybridized carbons (Fsp3) is 0.458. The van der Waals surface area contributed by atoms with Gasteiger partial charge in [-0.25, -0.2) is 4.98 Å². The number of fused-ring (bicyclic) bond motifs is 1. The standard InChI is InChI=1S/C24H33N5O2/c1-17-19(24(2,3)30)16-18-8-9-22(26-10-11-28-12-14-31-15-13-28)27-23(18)29(17)21-7-5-4-6-20(21)25/h5,7-9,16,30H,1,4,6,10-15,25H2,2-3H3,(H,26,27). The molecule has 0 aromatic carbocycles. The van der Waals surface area contributed by atoms with E-state index in [1.807, 2.05) is 29.2 Å². The number of aliphatic hydroxyl groups is 1. The van der Waals surface area contributed by atoms with Crippen LogP contribution in [0.4, 0.5) is 11.6 Å². The lowest BCUT2D eigenvalue weighted by Crippen LogP contribution is -2.39. The van der Waals surface area contributed by atoms with E-state index in [-0.39, 0.29) is 0 Å². The van der Waals surface area contributed by atoms with Crippen LogP contribution in [-0.4, -0.2) is 60.0 Å². The molecule has 0 atom stereocenters. The number of hydrogen-bond donors (Lipinski definition) is 3. The van der Waals surface area contributed by atoms with E-state index in [1.54, 1.807) is 13.8 Å². The second-order valence-corrected chi connectivity index (χ2v) is 8.74. The van der Waals surface area contributed by atoms with Gasteiger partial charge >= 0.3 is 0 Å². The van der Waals surface area contributed by atoms with Crippen LogP contribution in [0.2, 0.25) is 0 Å². The summed E-state index contributed by atoms with van der Waals surface area (Å²) >= 11 is 0. The van der Waals surface area contributed by atoms with Gasteiger partial charge in [-0.15, -0.1) is 0 Å². The van der Waals surface area contributed by atoms with Crippen LogP contribution in [0.1, 0.15) is 32.3 Å². The Kier molecular flexibility index (Phi) is 6.18. The summed E-state index contributed by atoms with van der Waals surface area (Å²) < 4.78 is 5.42. The number of aromatic nitrogens is 1. The van der Waals surface area contributed by atoms with Crippen LogP contribution >= 0.6 is 0 Å². The third-order valence-electron chi connectivity index (χ3n) is 5.92. The van der Waals surface area contributed by atoms with Gasteiger partial charge < -0.3 is 20.9 Å². The summed E-state index contributed by atoms with van der Waals surface area (Å²) in [5, 5.41) is 14.2. The van der Waals surface area contributed by atoms with Crippen LogP contribution in [-0.2, 0) is 4.74 Å². The first-order chi connectivity index (χ1) is 14.8. The van der Waals surface area contributed by atoms with Crippen molar-refractivity contribution in [1.82, 2.24) is 9.88 Å². The number of morpholine rings is 1. The molecule has 3 heterocycles. The minimum absolute atomic E-state index is 0.697. The van der Waals surface area contributed by atoms with Crippen molar-refractivity contribution < 1.29 is 9.84 Å². The Hall–Kier alpha value is -2.61. The van der Waals surface area contributed by atoms with Crippen molar-refractivity contribution in [2.75, 3.05) is 49.6 Å². The van der Waals surface area contributed by atoms with E-state index < -0.39 is 5.60 Å². The maximum absolute atomic E-state index is 10.7. The van der Waals surface area contributed by atoms with Gasteiger partial charge in [0.1, 0.15) is 11.6 Å². The molecule has 1 saturated heterocycles. The Bertz CT molecular complexity index is 936. The highest BCUT2D eigenvalue weighted by Gasteiger charge is 2.33. The van der Waals surface area contributed by atoms with E-state index in [0.717, 1.165) is 86.4 Å². The zero-order valence-electron chi connectivity index (χ0n) is 18.5. The molecule has 0 saturated carbocycles. The number of nitrogens with zero attached hydrogens (tertiary/aromatic N) is 3. The van der Waals surface area contributed by atoms with Crippen LogP contribution in [0, 0.1) is 0 Å². The number of nitrogens with two attached hydrogens (primary N) is 1. The third kappa shape index (κ3) is 4.69. The summed E-state index contributed by atoms with van der Waals surface area (Å²) in [6.07, 6.45) is 7.84. The summed E-state index contributed by atoms with van der Waals surface area (Å²) in [7, 11) is 0. The molecule has 3 aliphatic rings. The molecular weight excluding hydrogens is 390 g/mol. The van der Waals surface area contributed by atoms with E-state index in [4.69, 9.17) is 15.5 Å². The van der Waals surface area contributed by atoms with Crippen LogP contribution in [0.15, 0.2) is 53.5 Å². The summed E-state index contributed by atoms with van der Waals surface area (Å²) in [4.78, 5) is 9.29. The van der Waals surface area contributed by atoms with Crippen molar-refractivity contribution in [1.29, 1.82) is 0 Å². The van der Waals surface area contributed by atoms with E-state index in [9.17, 15) is 5.11 Å². The average Bonchev–Trinajstić information content (AvgIpc) is 2.74. The molecule has 0 amide bonds. The monoisotopic (exact) mass is 423 g/mol. The Labute approximate surface area is 184 Å². The number of anilines is 2. The predicted molar refractivity (Wildman–Crippen MR) is 125 cm³/mol. The quantitative estimate of drug-likeness (QED) is 0.649. The molecule has 4 rings (SSSR count). The van der Waals surface area contributed by atoms with Crippen LogP contribution in [0.25, 0.3) is 6.08 Å². The molecule has 1 aromatic rings. The zero-order valence-corrected chi connectivity index (χ0v) is 18.5. The second kappa shape index (κ2) is 8.86. The maximum atomic E-state index is 10.7. The minimum Gasteiger partial charge on any atom is -0.400 e. The number of hydrogen-bond acceptors (Lipinski definition) is 7. The Morgan fingerprint density at radius 3 is 2.77 bits per heavy atom. The van der Waals surface area contributed by atoms with Crippen LogP contribution in [0.3, 0.4) is 0 Å². The molecule has 31 heavy (non-hydrogen) atoms. The molecule has 2 aliphatic heterocycles. The van der Waals surface area contributed by atoms with Gasteiger partial charge in [-0.2, -0.15) is 0 Å². The molecule has 0 unspecified atom stereocenters. The van der Waals surface area contributed by atoms with Gasteiger partial charge in [0.2, 0.25) is 0 Å². The van der Waals surface area contributed by atoms with Crippen molar-refractivity contribution in [3.8, 4) is 0 Å². The SMILES string of the molecule is C=C1C(C(C)(C)O)=Cc2ccc(NCCN3CCOCC3)nc2N1C1=C(N)CCC=C1. The molecule has 7 heteroatoms.